The molecule has 0 spiro atoms. The molecule has 0 unspecified atom stereocenters. The maximum absolute atomic E-state index is 11.3. The lowest BCUT2D eigenvalue weighted by Crippen LogP contribution is -2.37. The van der Waals surface area contributed by atoms with Crippen LogP contribution in [0, 0.1) is 6.92 Å². The van der Waals surface area contributed by atoms with Crippen molar-refractivity contribution in [2.24, 2.45) is 0 Å². The maximum atomic E-state index is 11.3. The van der Waals surface area contributed by atoms with E-state index < -0.39 is 11.5 Å². The zero-order valence-corrected chi connectivity index (χ0v) is 10.5. The first-order chi connectivity index (χ1) is 8.44. The number of tetrazole rings is 1. The Balaban J connectivity index is 2.60. The van der Waals surface area contributed by atoms with Gasteiger partial charge < -0.3 is 5.11 Å². The minimum Gasteiger partial charge on any atom is -0.479 e. The molecule has 6 nitrogen and oxygen atoms in total. The molecule has 18 heavy (non-hydrogen) atoms. The highest BCUT2D eigenvalue weighted by Gasteiger charge is 2.34. The van der Waals surface area contributed by atoms with Crippen LogP contribution >= 0.6 is 0 Å². The van der Waals surface area contributed by atoms with Crippen molar-refractivity contribution in [2.45, 2.75) is 26.3 Å². The molecule has 0 fully saturated rings. The molecule has 0 radical (unpaired) electrons. The van der Waals surface area contributed by atoms with Gasteiger partial charge in [-0.3, -0.25) is 0 Å². The first-order valence-corrected chi connectivity index (χ1v) is 5.53. The zero-order chi connectivity index (χ0) is 13.3. The van der Waals surface area contributed by atoms with Gasteiger partial charge in [-0.2, -0.15) is 0 Å². The zero-order valence-electron chi connectivity index (χ0n) is 10.5. The molecule has 1 N–H and O–H groups in total. The second kappa shape index (κ2) is 4.21. The molecule has 0 aliphatic carbocycles. The second-order valence-corrected chi connectivity index (χ2v) is 4.59. The summed E-state index contributed by atoms with van der Waals surface area (Å²) in [5, 5.41) is 20.6. The molecule has 2 aromatic rings. The van der Waals surface area contributed by atoms with Crippen molar-refractivity contribution in [1.82, 2.24) is 20.2 Å². The van der Waals surface area contributed by atoms with Gasteiger partial charge in [-0.1, -0.05) is 24.3 Å². The van der Waals surface area contributed by atoms with Crippen molar-refractivity contribution in [1.29, 1.82) is 0 Å². The predicted molar refractivity (Wildman–Crippen MR) is 64.9 cm³/mol. The summed E-state index contributed by atoms with van der Waals surface area (Å²) in [6, 6.07) is 7.59. The summed E-state index contributed by atoms with van der Waals surface area (Å²) in [5.74, 6) is -0.523. The van der Waals surface area contributed by atoms with Crippen LogP contribution in [0.25, 0.3) is 11.4 Å². The monoisotopic (exact) mass is 246 g/mol. The van der Waals surface area contributed by atoms with Crippen LogP contribution in [-0.2, 0) is 10.3 Å². The van der Waals surface area contributed by atoms with Gasteiger partial charge in [0, 0.05) is 5.56 Å². The van der Waals surface area contributed by atoms with E-state index in [2.05, 4.69) is 15.5 Å². The fraction of sp³-hybridized carbons (Fsp3) is 0.333. The summed E-state index contributed by atoms with van der Waals surface area (Å²) in [4.78, 5) is 11.3. The van der Waals surface area contributed by atoms with Crippen LogP contribution in [-0.4, -0.2) is 31.3 Å². The van der Waals surface area contributed by atoms with Gasteiger partial charge in [-0.25, -0.2) is 9.48 Å². The van der Waals surface area contributed by atoms with Crippen molar-refractivity contribution >= 4 is 5.97 Å². The quantitative estimate of drug-likeness (QED) is 0.886. The van der Waals surface area contributed by atoms with Gasteiger partial charge in [0.05, 0.1) is 0 Å². The van der Waals surface area contributed by atoms with Crippen LogP contribution in [0.3, 0.4) is 0 Å². The van der Waals surface area contributed by atoms with Crippen LogP contribution in [0.15, 0.2) is 24.3 Å². The Kier molecular flexibility index (Phi) is 2.86. The Labute approximate surface area is 104 Å². The van der Waals surface area contributed by atoms with Crippen molar-refractivity contribution < 1.29 is 9.90 Å². The minimum atomic E-state index is -1.19. The topological polar surface area (TPSA) is 80.9 Å². The third-order valence-electron chi connectivity index (χ3n) is 2.91. The van der Waals surface area contributed by atoms with E-state index in [1.54, 1.807) is 13.8 Å². The lowest BCUT2D eigenvalue weighted by atomic mass is 10.0. The van der Waals surface area contributed by atoms with E-state index in [4.69, 9.17) is 0 Å². The Morgan fingerprint density at radius 1 is 1.33 bits per heavy atom. The summed E-state index contributed by atoms with van der Waals surface area (Å²) in [5.41, 5.74) is 0.632. The third kappa shape index (κ3) is 1.85. The van der Waals surface area contributed by atoms with Crippen molar-refractivity contribution in [3.8, 4) is 11.4 Å². The highest BCUT2D eigenvalue weighted by molar-refractivity contribution is 5.76. The van der Waals surface area contributed by atoms with Crippen LogP contribution in [0.4, 0.5) is 0 Å². The molecule has 0 saturated heterocycles. The van der Waals surface area contributed by atoms with Crippen LogP contribution in [0.1, 0.15) is 19.4 Å². The van der Waals surface area contributed by atoms with E-state index in [1.807, 2.05) is 31.2 Å². The van der Waals surface area contributed by atoms with Crippen molar-refractivity contribution in [2.75, 3.05) is 0 Å². The number of nitrogens with zero attached hydrogens (tertiary/aromatic N) is 4. The number of rotatable bonds is 3. The third-order valence-corrected chi connectivity index (χ3v) is 2.91. The number of carboxylic acids is 1. The number of benzene rings is 1. The summed E-state index contributed by atoms with van der Waals surface area (Å²) >= 11 is 0. The predicted octanol–water partition coefficient (Wildman–Crippen LogP) is 1.47. The van der Waals surface area contributed by atoms with Crippen molar-refractivity contribution in [3.63, 3.8) is 0 Å². The molecule has 0 saturated carbocycles. The number of carboxylic acid groups (broad SMARTS) is 1. The molecular formula is C12H14N4O2. The van der Waals surface area contributed by atoms with E-state index in [0.717, 1.165) is 11.1 Å². The van der Waals surface area contributed by atoms with Gasteiger partial charge in [0.1, 0.15) is 0 Å². The van der Waals surface area contributed by atoms with Crippen LogP contribution in [0.5, 0.6) is 0 Å². The Morgan fingerprint density at radius 2 is 2.00 bits per heavy atom. The SMILES string of the molecule is Cc1ccccc1-c1nnnn1C(C)(C)C(=O)O. The molecule has 1 aromatic heterocycles. The Bertz CT molecular complexity index is 589. The van der Waals surface area contributed by atoms with Crippen LogP contribution in [0.2, 0.25) is 0 Å². The molecule has 1 heterocycles. The van der Waals surface area contributed by atoms with E-state index in [1.165, 1.54) is 4.68 Å². The number of hydrogen-bond donors (Lipinski definition) is 1. The summed E-state index contributed by atoms with van der Waals surface area (Å²) in [7, 11) is 0. The lowest BCUT2D eigenvalue weighted by molar-refractivity contribution is -0.146. The fourth-order valence-electron chi connectivity index (χ4n) is 1.65. The molecule has 0 aliphatic heterocycles. The Morgan fingerprint density at radius 3 is 2.61 bits per heavy atom. The number of carbonyl (C=O) groups is 1. The van der Waals surface area contributed by atoms with Gasteiger partial charge in [-0.05, 0) is 36.8 Å². The Hall–Kier alpha value is -2.24. The molecule has 1 aromatic carbocycles. The van der Waals surface area contributed by atoms with Gasteiger partial charge in [0.15, 0.2) is 11.4 Å². The smallest absolute Gasteiger partial charge is 0.331 e. The van der Waals surface area contributed by atoms with E-state index in [-0.39, 0.29) is 0 Å². The number of aryl methyl sites for hydroxylation is 1. The van der Waals surface area contributed by atoms with Crippen LogP contribution < -0.4 is 0 Å². The van der Waals surface area contributed by atoms with Gasteiger partial charge in [-0.15, -0.1) is 5.10 Å². The molecular weight excluding hydrogens is 232 g/mol. The van der Waals surface area contributed by atoms with E-state index in [9.17, 15) is 9.90 Å². The van der Waals surface area contributed by atoms with Gasteiger partial charge >= 0.3 is 5.97 Å². The van der Waals surface area contributed by atoms with Crippen molar-refractivity contribution in [3.05, 3.63) is 29.8 Å². The minimum absolute atomic E-state index is 0.459. The molecule has 0 atom stereocenters. The highest BCUT2D eigenvalue weighted by atomic mass is 16.4. The second-order valence-electron chi connectivity index (χ2n) is 4.59. The number of aromatic nitrogens is 4. The molecule has 0 aliphatic rings. The summed E-state index contributed by atoms with van der Waals surface area (Å²) in [6.45, 7) is 5.06. The number of aliphatic carboxylic acids is 1. The standard InChI is InChI=1S/C12H14N4O2/c1-8-6-4-5-7-9(8)10-13-14-15-16(10)12(2,3)11(17)18/h4-7H,1-3H3,(H,17,18). The summed E-state index contributed by atoms with van der Waals surface area (Å²) in [6.07, 6.45) is 0. The maximum Gasteiger partial charge on any atom is 0.331 e. The fourth-order valence-corrected chi connectivity index (χ4v) is 1.65. The van der Waals surface area contributed by atoms with E-state index in [0.29, 0.717) is 5.82 Å². The molecule has 6 heteroatoms. The number of hydrogen-bond acceptors (Lipinski definition) is 4. The first-order valence-electron chi connectivity index (χ1n) is 5.53. The molecule has 0 amide bonds. The summed E-state index contributed by atoms with van der Waals surface area (Å²) < 4.78 is 1.33. The molecule has 0 bridgehead atoms. The van der Waals surface area contributed by atoms with E-state index >= 15 is 0 Å². The normalized spacial score (nSPS) is 11.5. The average molecular weight is 246 g/mol. The largest absolute Gasteiger partial charge is 0.479 e. The van der Waals surface area contributed by atoms with Gasteiger partial charge in [0.25, 0.3) is 0 Å². The lowest BCUT2D eigenvalue weighted by Gasteiger charge is -2.20. The van der Waals surface area contributed by atoms with Gasteiger partial charge in [0.2, 0.25) is 0 Å². The average Bonchev–Trinajstić information content (AvgIpc) is 2.78. The highest BCUT2D eigenvalue weighted by Crippen LogP contribution is 2.25. The molecule has 2 rings (SSSR count). The molecule has 94 valence electrons. The first kappa shape index (κ1) is 12.2.